The molecule has 6 rings (SSSR count). The van der Waals surface area contributed by atoms with Crippen LogP contribution < -0.4 is 5.32 Å². The summed E-state index contributed by atoms with van der Waals surface area (Å²) in [5.74, 6) is -3.36. The van der Waals surface area contributed by atoms with E-state index < -0.39 is 23.7 Å². The van der Waals surface area contributed by atoms with Gasteiger partial charge >= 0.3 is 0 Å². The number of phenols is 1. The van der Waals surface area contributed by atoms with Crippen molar-refractivity contribution in [3.05, 3.63) is 75.3 Å². The number of ketones is 2. The van der Waals surface area contributed by atoms with Crippen LogP contribution in [-0.4, -0.2) is 28.5 Å². The third-order valence-electron chi connectivity index (χ3n) is 7.41. The van der Waals surface area contributed by atoms with Crippen LogP contribution >= 0.6 is 15.9 Å². The molecule has 4 atom stereocenters. The van der Waals surface area contributed by atoms with Crippen molar-refractivity contribution in [1.29, 1.82) is 0 Å². The minimum Gasteiger partial charge on any atom is -0.508 e. The van der Waals surface area contributed by atoms with Gasteiger partial charge in [-0.1, -0.05) is 42.0 Å². The van der Waals surface area contributed by atoms with Gasteiger partial charge in [0, 0.05) is 28.7 Å². The Kier molecular flexibility index (Phi) is 4.36. The molecule has 1 aliphatic heterocycles. The molecule has 0 spiro atoms. The lowest BCUT2D eigenvalue weighted by atomic mass is 9.59. The summed E-state index contributed by atoms with van der Waals surface area (Å²) in [5, 5.41) is 15.1. The van der Waals surface area contributed by atoms with Crippen LogP contribution in [0.15, 0.2) is 69.8 Å². The van der Waals surface area contributed by atoms with Gasteiger partial charge in [0.05, 0.1) is 16.3 Å². The third kappa shape index (κ3) is 2.78. The van der Waals surface area contributed by atoms with Gasteiger partial charge in [-0.3, -0.25) is 24.5 Å². The van der Waals surface area contributed by atoms with E-state index in [1.807, 2.05) is 36.4 Å². The van der Waals surface area contributed by atoms with Gasteiger partial charge in [-0.15, -0.1) is 0 Å². The van der Waals surface area contributed by atoms with Gasteiger partial charge in [-0.05, 0) is 51.5 Å². The number of carbonyl (C=O) groups excluding carboxylic acids is 4. The van der Waals surface area contributed by atoms with Crippen LogP contribution in [0.3, 0.4) is 0 Å². The number of carbonyl (C=O) groups is 4. The highest BCUT2D eigenvalue weighted by Crippen LogP contribution is 2.56. The van der Waals surface area contributed by atoms with Crippen LogP contribution in [0, 0.1) is 17.8 Å². The number of Topliss-reactive ketones (excluding diaryl/α,β-unsaturated/α-hetero) is 1. The third-order valence-corrected chi connectivity index (χ3v) is 8.00. The molecule has 0 radical (unpaired) electrons. The van der Waals surface area contributed by atoms with Crippen molar-refractivity contribution in [3.63, 3.8) is 0 Å². The lowest BCUT2D eigenvalue weighted by Gasteiger charge is -2.42. The summed E-state index contributed by atoms with van der Waals surface area (Å²) in [7, 11) is 0. The second-order valence-corrected chi connectivity index (χ2v) is 9.82. The van der Waals surface area contributed by atoms with E-state index in [2.05, 4.69) is 21.2 Å². The van der Waals surface area contributed by atoms with Crippen LogP contribution in [0.1, 0.15) is 24.3 Å². The number of imide groups is 1. The molecular formula is C26H18BrNO5. The molecule has 7 heteroatoms. The Labute approximate surface area is 197 Å². The molecule has 6 nitrogen and oxygen atoms in total. The molecule has 1 saturated heterocycles. The van der Waals surface area contributed by atoms with E-state index in [9.17, 15) is 24.3 Å². The van der Waals surface area contributed by atoms with Gasteiger partial charge in [0.2, 0.25) is 11.8 Å². The summed E-state index contributed by atoms with van der Waals surface area (Å²) < 4.78 is 0.180. The van der Waals surface area contributed by atoms with Crippen molar-refractivity contribution in [3.8, 4) is 5.75 Å². The number of allylic oxidation sites excluding steroid dienone is 6. The predicted octanol–water partition coefficient (Wildman–Crippen LogP) is 3.60. The molecule has 164 valence electrons. The SMILES string of the molecule is O=C1C=C(Br)C(=O)C2=C1C(c1c(O)ccc3ccccc13)C1=CCC3C(=O)NC(=O)C3C1C2. The topological polar surface area (TPSA) is 101 Å². The maximum absolute atomic E-state index is 13.3. The van der Waals surface area contributed by atoms with E-state index >= 15 is 0 Å². The number of amides is 2. The number of phenolic OH excluding ortho intramolecular Hbond substituents is 1. The highest BCUT2D eigenvalue weighted by atomic mass is 79.9. The fourth-order valence-electron chi connectivity index (χ4n) is 6.04. The van der Waals surface area contributed by atoms with Crippen molar-refractivity contribution >= 4 is 50.1 Å². The van der Waals surface area contributed by atoms with Crippen molar-refractivity contribution < 1.29 is 24.3 Å². The zero-order valence-electron chi connectivity index (χ0n) is 17.3. The van der Waals surface area contributed by atoms with Crippen LogP contribution in [0.2, 0.25) is 0 Å². The van der Waals surface area contributed by atoms with Crippen molar-refractivity contribution in [1.82, 2.24) is 5.32 Å². The summed E-state index contributed by atoms with van der Waals surface area (Å²) in [6.07, 6.45) is 3.80. The smallest absolute Gasteiger partial charge is 0.231 e. The van der Waals surface area contributed by atoms with E-state index in [0.29, 0.717) is 23.1 Å². The number of nitrogens with one attached hydrogen (secondary N) is 1. The lowest BCUT2D eigenvalue weighted by molar-refractivity contribution is -0.126. The maximum Gasteiger partial charge on any atom is 0.231 e. The predicted molar refractivity (Wildman–Crippen MR) is 123 cm³/mol. The second-order valence-electron chi connectivity index (χ2n) is 8.97. The number of benzene rings is 2. The minimum absolute atomic E-state index is 0.0232. The number of rotatable bonds is 1. The van der Waals surface area contributed by atoms with E-state index in [0.717, 1.165) is 16.3 Å². The van der Waals surface area contributed by atoms with Crippen molar-refractivity contribution in [2.75, 3.05) is 0 Å². The number of hydrogen-bond acceptors (Lipinski definition) is 5. The molecular weight excluding hydrogens is 486 g/mol. The molecule has 1 heterocycles. The van der Waals surface area contributed by atoms with Gasteiger partial charge < -0.3 is 5.11 Å². The van der Waals surface area contributed by atoms with E-state index in [-0.39, 0.29) is 40.0 Å². The Balaban J connectivity index is 1.65. The van der Waals surface area contributed by atoms with E-state index in [1.54, 1.807) is 6.07 Å². The molecule has 2 N–H and O–H groups in total. The first-order chi connectivity index (χ1) is 15.9. The maximum atomic E-state index is 13.3. The number of hydrogen-bond donors (Lipinski definition) is 2. The lowest BCUT2D eigenvalue weighted by Crippen LogP contribution is -2.39. The molecule has 4 aliphatic rings. The Bertz CT molecular complexity index is 1420. The second kappa shape index (κ2) is 7.09. The number of aromatic hydroxyl groups is 1. The zero-order valence-corrected chi connectivity index (χ0v) is 18.9. The van der Waals surface area contributed by atoms with Crippen LogP contribution in [0.5, 0.6) is 5.75 Å². The highest BCUT2D eigenvalue weighted by Gasteiger charge is 2.54. The zero-order chi connectivity index (χ0) is 23.0. The molecule has 2 aromatic rings. The van der Waals surface area contributed by atoms with Gasteiger partial charge in [0.1, 0.15) is 5.75 Å². The minimum atomic E-state index is -0.678. The molecule has 4 unspecified atom stereocenters. The summed E-state index contributed by atoms with van der Waals surface area (Å²) in [6, 6.07) is 11.0. The standard InChI is InChI=1S/C26H18BrNO5/c27-17-10-19(30)22-16(24(17)31)9-15-13(6-7-14-20(15)26(33)28-25(14)32)23(22)21-12-4-2-1-3-11(12)5-8-18(21)29/h1-6,8,10,14-15,20,23,29H,7,9H2,(H,28,32,33). The quantitative estimate of drug-likeness (QED) is 0.351. The van der Waals surface area contributed by atoms with Gasteiger partial charge in [-0.2, -0.15) is 0 Å². The van der Waals surface area contributed by atoms with Gasteiger partial charge in [0.25, 0.3) is 0 Å². The summed E-state index contributed by atoms with van der Waals surface area (Å²) in [5.41, 5.74) is 2.06. The molecule has 33 heavy (non-hydrogen) atoms. The first-order valence-electron chi connectivity index (χ1n) is 10.8. The number of halogens is 1. The Morgan fingerprint density at radius 1 is 0.970 bits per heavy atom. The van der Waals surface area contributed by atoms with Crippen LogP contribution in [0.4, 0.5) is 0 Å². The summed E-state index contributed by atoms with van der Waals surface area (Å²) >= 11 is 3.21. The largest absolute Gasteiger partial charge is 0.508 e. The monoisotopic (exact) mass is 503 g/mol. The summed E-state index contributed by atoms with van der Waals surface area (Å²) in [4.78, 5) is 51.6. The van der Waals surface area contributed by atoms with Crippen LogP contribution in [-0.2, 0) is 19.2 Å². The molecule has 0 bridgehead atoms. The molecule has 0 saturated carbocycles. The van der Waals surface area contributed by atoms with E-state index in [1.165, 1.54) is 6.08 Å². The van der Waals surface area contributed by atoms with Gasteiger partial charge in [0.15, 0.2) is 11.6 Å². The van der Waals surface area contributed by atoms with Crippen LogP contribution in [0.25, 0.3) is 10.8 Å². The Morgan fingerprint density at radius 2 is 1.76 bits per heavy atom. The fourth-order valence-corrected chi connectivity index (χ4v) is 6.48. The molecule has 2 amide bonds. The average molecular weight is 504 g/mol. The fraction of sp³-hybridized carbons (Fsp3) is 0.231. The number of fused-ring (bicyclic) bond motifs is 4. The van der Waals surface area contributed by atoms with E-state index in [4.69, 9.17) is 0 Å². The molecule has 1 fully saturated rings. The molecule has 2 aromatic carbocycles. The highest BCUT2D eigenvalue weighted by molar-refractivity contribution is 9.12. The van der Waals surface area contributed by atoms with Crippen molar-refractivity contribution in [2.24, 2.45) is 17.8 Å². The average Bonchev–Trinajstić information content (AvgIpc) is 3.10. The molecule has 3 aliphatic carbocycles. The first-order valence-corrected chi connectivity index (χ1v) is 11.6. The van der Waals surface area contributed by atoms with Gasteiger partial charge in [-0.25, -0.2) is 0 Å². The Morgan fingerprint density at radius 3 is 2.58 bits per heavy atom. The first kappa shape index (κ1) is 20.3. The molecule has 0 aromatic heterocycles. The Hall–Kier alpha value is -3.32. The van der Waals surface area contributed by atoms with Crippen molar-refractivity contribution in [2.45, 2.75) is 18.8 Å². The summed E-state index contributed by atoms with van der Waals surface area (Å²) in [6.45, 7) is 0. The normalized spacial score (nSPS) is 28.8.